The molecule has 0 N–H and O–H groups in total. The summed E-state index contributed by atoms with van der Waals surface area (Å²) in [4.78, 5) is 0. The number of rotatable bonds is 3. The molecule has 0 aliphatic heterocycles. The average molecular weight is 237 g/mol. The minimum Gasteiger partial charge on any atom is -0.488 e. The zero-order valence-corrected chi connectivity index (χ0v) is 10.6. The molecule has 90 valence electrons. The van der Waals surface area contributed by atoms with Crippen molar-refractivity contribution in [2.45, 2.75) is 20.5 Å². The van der Waals surface area contributed by atoms with Gasteiger partial charge < -0.3 is 4.74 Å². The first kappa shape index (κ1) is 12.2. The van der Waals surface area contributed by atoms with Crippen LogP contribution in [-0.4, -0.2) is 0 Å². The van der Waals surface area contributed by atoms with Crippen molar-refractivity contribution >= 4 is 0 Å². The summed E-state index contributed by atoms with van der Waals surface area (Å²) in [5.74, 6) is 0.638. The van der Waals surface area contributed by atoms with Crippen LogP contribution in [0.1, 0.15) is 22.3 Å². The maximum Gasteiger partial charge on any atom is 0.137 e. The molecule has 0 aliphatic rings. The molecule has 0 fully saturated rings. The molecule has 0 spiro atoms. The molecule has 0 radical (unpaired) electrons. The Morgan fingerprint density at radius 2 is 1.72 bits per heavy atom. The molecule has 0 aromatic heterocycles. The zero-order valence-electron chi connectivity index (χ0n) is 10.6. The van der Waals surface area contributed by atoms with Crippen LogP contribution in [0, 0.1) is 25.2 Å². The molecule has 0 bridgehead atoms. The molecule has 0 saturated heterocycles. The van der Waals surface area contributed by atoms with Crippen LogP contribution in [0.2, 0.25) is 0 Å². The molecule has 0 atom stereocenters. The van der Waals surface area contributed by atoms with Gasteiger partial charge in [0.2, 0.25) is 0 Å². The van der Waals surface area contributed by atoms with Gasteiger partial charge >= 0.3 is 0 Å². The molecular weight excluding hydrogens is 222 g/mol. The highest BCUT2D eigenvalue weighted by Gasteiger charge is 2.02. The number of nitrogens with zero attached hydrogens (tertiary/aromatic N) is 1. The van der Waals surface area contributed by atoms with Gasteiger partial charge in [0.05, 0.1) is 5.56 Å². The van der Waals surface area contributed by atoms with Crippen molar-refractivity contribution in [2.75, 3.05) is 0 Å². The van der Waals surface area contributed by atoms with Crippen LogP contribution in [0.15, 0.2) is 42.5 Å². The SMILES string of the molecule is Cc1cc(C)cc(COc2ccccc2C#N)c1. The Hall–Kier alpha value is -2.27. The van der Waals surface area contributed by atoms with Crippen molar-refractivity contribution in [1.82, 2.24) is 0 Å². The summed E-state index contributed by atoms with van der Waals surface area (Å²) in [6, 6.07) is 15.7. The van der Waals surface area contributed by atoms with E-state index in [9.17, 15) is 0 Å². The lowest BCUT2D eigenvalue weighted by atomic mass is 10.1. The smallest absolute Gasteiger partial charge is 0.137 e. The fraction of sp³-hybridized carbons (Fsp3) is 0.188. The largest absolute Gasteiger partial charge is 0.488 e. The second-order valence-corrected chi connectivity index (χ2v) is 4.39. The lowest BCUT2D eigenvalue weighted by molar-refractivity contribution is 0.305. The fourth-order valence-electron chi connectivity index (χ4n) is 2.00. The minimum atomic E-state index is 0.487. The third kappa shape index (κ3) is 2.89. The van der Waals surface area contributed by atoms with E-state index < -0.39 is 0 Å². The van der Waals surface area contributed by atoms with Crippen LogP contribution in [0.5, 0.6) is 5.75 Å². The van der Waals surface area contributed by atoms with Gasteiger partial charge in [-0.2, -0.15) is 5.26 Å². The van der Waals surface area contributed by atoms with Gasteiger partial charge in [-0.3, -0.25) is 0 Å². The lowest BCUT2D eigenvalue weighted by Crippen LogP contribution is -1.98. The van der Waals surface area contributed by atoms with E-state index in [1.54, 1.807) is 6.07 Å². The van der Waals surface area contributed by atoms with E-state index in [1.807, 2.05) is 18.2 Å². The summed E-state index contributed by atoms with van der Waals surface area (Å²) in [5, 5.41) is 8.97. The number of hydrogen-bond donors (Lipinski definition) is 0. The third-order valence-corrected chi connectivity index (χ3v) is 2.68. The van der Waals surface area contributed by atoms with Crippen molar-refractivity contribution < 1.29 is 4.74 Å². The molecule has 0 amide bonds. The Balaban J connectivity index is 2.14. The van der Waals surface area contributed by atoms with Crippen LogP contribution in [0.3, 0.4) is 0 Å². The van der Waals surface area contributed by atoms with E-state index >= 15 is 0 Å². The molecule has 0 saturated carbocycles. The summed E-state index contributed by atoms with van der Waals surface area (Å²) in [6.07, 6.45) is 0. The second-order valence-electron chi connectivity index (χ2n) is 4.39. The Morgan fingerprint density at radius 1 is 1.06 bits per heavy atom. The van der Waals surface area contributed by atoms with Crippen molar-refractivity contribution in [1.29, 1.82) is 5.26 Å². The second kappa shape index (κ2) is 5.37. The quantitative estimate of drug-likeness (QED) is 0.814. The highest BCUT2D eigenvalue weighted by molar-refractivity contribution is 5.42. The van der Waals surface area contributed by atoms with E-state index in [0.29, 0.717) is 17.9 Å². The number of para-hydroxylation sites is 1. The lowest BCUT2D eigenvalue weighted by Gasteiger charge is -2.09. The van der Waals surface area contributed by atoms with Gasteiger partial charge in [0.25, 0.3) is 0 Å². The van der Waals surface area contributed by atoms with Gasteiger partial charge in [-0.25, -0.2) is 0 Å². The monoisotopic (exact) mass is 237 g/mol. The van der Waals surface area contributed by atoms with Gasteiger partial charge in [0, 0.05) is 0 Å². The highest BCUT2D eigenvalue weighted by Crippen LogP contribution is 2.19. The first-order valence-corrected chi connectivity index (χ1v) is 5.88. The Labute approximate surface area is 107 Å². The van der Waals surface area contributed by atoms with Gasteiger partial charge in [-0.1, -0.05) is 41.5 Å². The van der Waals surface area contributed by atoms with Gasteiger partial charge in [0.15, 0.2) is 0 Å². The summed E-state index contributed by atoms with van der Waals surface area (Å²) in [7, 11) is 0. The van der Waals surface area contributed by atoms with Crippen LogP contribution in [0.4, 0.5) is 0 Å². The van der Waals surface area contributed by atoms with E-state index in [4.69, 9.17) is 10.00 Å². The van der Waals surface area contributed by atoms with Crippen molar-refractivity contribution in [3.8, 4) is 11.8 Å². The number of ether oxygens (including phenoxy) is 1. The molecule has 18 heavy (non-hydrogen) atoms. The predicted octanol–water partition coefficient (Wildman–Crippen LogP) is 3.75. The standard InChI is InChI=1S/C16H15NO/c1-12-7-13(2)9-14(8-12)11-18-16-6-4-3-5-15(16)10-17/h3-9H,11H2,1-2H3. The van der Waals surface area contributed by atoms with Crippen molar-refractivity contribution in [3.05, 3.63) is 64.7 Å². The van der Waals surface area contributed by atoms with E-state index in [2.05, 4.69) is 38.1 Å². The first-order valence-electron chi connectivity index (χ1n) is 5.88. The summed E-state index contributed by atoms with van der Waals surface area (Å²) in [6.45, 7) is 4.63. The van der Waals surface area contributed by atoms with Gasteiger partial charge in [-0.05, 0) is 31.5 Å². The number of benzene rings is 2. The molecule has 2 rings (SSSR count). The van der Waals surface area contributed by atoms with Crippen molar-refractivity contribution in [2.24, 2.45) is 0 Å². The van der Waals surface area contributed by atoms with Crippen LogP contribution >= 0.6 is 0 Å². The molecule has 0 aliphatic carbocycles. The Kier molecular flexibility index (Phi) is 3.64. The normalized spacial score (nSPS) is 9.83. The van der Waals surface area contributed by atoms with E-state index in [0.717, 1.165) is 5.56 Å². The van der Waals surface area contributed by atoms with Gasteiger partial charge in [-0.15, -0.1) is 0 Å². The minimum absolute atomic E-state index is 0.487. The zero-order chi connectivity index (χ0) is 13.0. The molecular formula is C16H15NO. The fourth-order valence-corrected chi connectivity index (χ4v) is 2.00. The Morgan fingerprint density at radius 3 is 2.39 bits per heavy atom. The maximum atomic E-state index is 8.97. The molecule has 0 unspecified atom stereocenters. The Bertz CT molecular complexity index is 576. The van der Waals surface area contributed by atoms with Crippen molar-refractivity contribution in [3.63, 3.8) is 0 Å². The molecule has 2 heteroatoms. The number of aryl methyl sites for hydroxylation is 2. The molecule has 2 aromatic rings. The topological polar surface area (TPSA) is 33.0 Å². The van der Waals surface area contributed by atoms with Crippen LogP contribution < -0.4 is 4.74 Å². The third-order valence-electron chi connectivity index (χ3n) is 2.68. The predicted molar refractivity (Wildman–Crippen MR) is 71.4 cm³/mol. The van der Waals surface area contributed by atoms with E-state index in [1.165, 1.54) is 11.1 Å². The number of nitriles is 1. The summed E-state index contributed by atoms with van der Waals surface area (Å²) < 4.78 is 5.70. The summed E-state index contributed by atoms with van der Waals surface area (Å²) >= 11 is 0. The molecule has 2 nitrogen and oxygen atoms in total. The van der Waals surface area contributed by atoms with Gasteiger partial charge in [0.1, 0.15) is 18.4 Å². The molecule has 0 heterocycles. The van der Waals surface area contributed by atoms with E-state index in [-0.39, 0.29) is 0 Å². The number of hydrogen-bond acceptors (Lipinski definition) is 2. The van der Waals surface area contributed by atoms with Crippen LogP contribution in [0.25, 0.3) is 0 Å². The maximum absolute atomic E-state index is 8.97. The average Bonchev–Trinajstić information content (AvgIpc) is 2.35. The summed E-state index contributed by atoms with van der Waals surface area (Å²) in [5.41, 5.74) is 4.14. The van der Waals surface area contributed by atoms with Crippen LogP contribution in [-0.2, 0) is 6.61 Å². The first-order chi connectivity index (χ1) is 8.69. The highest BCUT2D eigenvalue weighted by atomic mass is 16.5. The molecule has 2 aromatic carbocycles.